The van der Waals surface area contributed by atoms with Gasteiger partial charge in [-0.2, -0.15) is 0 Å². The molecule has 0 bridgehead atoms. The van der Waals surface area contributed by atoms with E-state index in [2.05, 4.69) is 0 Å². The molecule has 0 radical (unpaired) electrons. The zero-order chi connectivity index (χ0) is 14.7. The van der Waals surface area contributed by atoms with E-state index in [0.717, 1.165) is 5.57 Å². The minimum absolute atomic E-state index is 0.00533. The van der Waals surface area contributed by atoms with E-state index < -0.39 is 23.6 Å². The van der Waals surface area contributed by atoms with Crippen LogP contribution < -0.4 is 0 Å². The number of fused-ring (bicyclic) bond motifs is 2. The number of hydrogen-bond donors (Lipinski definition) is 3. The van der Waals surface area contributed by atoms with Crippen LogP contribution in [-0.2, 0) is 9.53 Å². The fraction of sp³-hybridized carbons (Fsp3) is 0.800. The first-order chi connectivity index (χ1) is 9.38. The summed E-state index contributed by atoms with van der Waals surface area (Å²) in [5.74, 6) is -0.287. The smallest absolute Gasteiger partial charge is 0.337 e. The summed E-state index contributed by atoms with van der Waals surface area (Å²) in [7, 11) is 0. The summed E-state index contributed by atoms with van der Waals surface area (Å²) in [6.07, 6.45) is 0.124. The van der Waals surface area contributed by atoms with Gasteiger partial charge >= 0.3 is 5.97 Å². The highest BCUT2D eigenvalue weighted by atomic mass is 16.5. The largest absolute Gasteiger partial charge is 0.454 e. The van der Waals surface area contributed by atoms with E-state index in [0.29, 0.717) is 24.8 Å². The van der Waals surface area contributed by atoms with Gasteiger partial charge in [0.15, 0.2) is 0 Å². The van der Waals surface area contributed by atoms with E-state index in [1.54, 1.807) is 0 Å². The summed E-state index contributed by atoms with van der Waals surface area (Å²) in [5, 5.41) is 30.0. The Kier molecular flexibility index (Phi) is 3.19. The van der Waals surface area contributed by atoms with Crippen LogP contribution in [0.5, 0.6) is 0 Å². The summed E-state index contributed by atoms with van der Waals surface area (Å²) >= 11 is 0. The second kappa shape index (κ2) is 4.55. The highest BCUT2D eigenvalue weighted by Crippen LogP contribution is 2.55. The standard InChI is InChI=1S/C15H22O5/c1-7-3-11-8(9(6-16)14(19)20-11)5-15(2)12(18)4-10(17)13(7)15/h7,10-13,16-18H,3-6H2,1-2H3/t7-,10-,11+,12-,13+,15+/m0/s1. The minimum atomic E-state index is -0.591. The Labute approximate surface area is 118 Å². The molecule has 2 aliphatic carbocycles. The Hall–Kier alpha value is -0.910. The predicted molar refractivity (Wildman–Crippen MR) is 70.6 cm³/mol. The van der Waals surface area contributed by atoms with Crippen LogP contribution in [0.15, 0.2) is 11.1 Å². The van der Waals surface area contributed by atoms with Gasteiger partial charge in [0.05, 0.1) is 24.4 Å². The SMILES string of the molecule is C[C@H]1C[C@H]2OC(=O)C(CO)=C2C[C@@]2(C)[C@H]1[C@@H](O)C[C@@H]2O. The third-order valence-corrected chi connectivity index (χ3v) is 5.60. The maximum atomic E-state index is 11.8. The Balaban J connectivity index is 2.05. The van der Waals surface area contributed by atoms with Gasteiger partial charge in [0.2, 0.25) is 0 Å². The Bertz CT molecular complexity index is 471. The van der Waals surface area contributed by atoms with Crippen LogP contribution in [0.2, 0.25) is 0 Å². The monoisotopic (exact) mass is 282 g/mol. The molecule has 3 rings (SSSR count). The average molecular weight is 282 g/mol. The molecule has 20 heavy (non-hydrogen) atoms. The lowest BCUT2D eigenvalue weighted by atomic mass is 9.70. The molecule has 2 saturated carbocycles. The van der Waals surface area contributed by atoms with Crippen molar-refractivity contribution in [2.24, 2.45) is 17.3 Å². The first-order valence-electron chi connectivity index (χ1n) is 7.28. The van der Waals surface area contributed by atoms with Crippen molar-refractivity contribution >= 4 is 5.97 Å². The van der Waals surface area contributed by atoms with Crippen LogP contribution in [0.3, 0.4) is 0 Å². The summed E-state index contributed by atoms with van der Waals surface area (Å²) in [6, 6.07) is 0. The number of aliphatic hydroxyl groups is 3. The number of hydrogen-bond acceptors (Lipinski definition) is 5. The molecular weight excluding hydrogens is 260 g/mol. The van der Waals surface area contributed by atoms with Crippen molar-refractivity contribution in [3.8, 4) is 0 Å². The lowest BCUT2D eigenvalue weighted by Crippen LogP contribution is -2.37. The highest BCUT2D eigenvalue weighted by Gasteiger charge is 2.57. The Morgan fingerprint density at radius 3 is 2.70 bits per heavy atom. The molecule has 1 aliphatic heterocycles. The maximum Gasteiger partial charge on any atom is 0.337 e. The van der Waals surface area contributed by atoms with Gasteiger partial charge in [-0.15, -0.1) is 0 Å². The molecule has 2 fully saturated rings. The lowest BCUT2D eigenvalue weighted by Gasteiger charge is -2.36. The van der Waals surface area contributed by atoms with Gasteiger partial charge in [-0.05, 0) is 30.3 Å². The Morgan fingerprint density at radius 1 is 1.35 bits per heavy atom. The molecule has 0 amide bonds. The first-order valence-corrected chi connectivity index (χ1v) is 7.28. The molecule has 5 heteroatoms. The quantitative estimate of drug-likeness (QED) is 0.605. The van der Waals surface area contributed by atoms with Crippen molar-refractivity contribution in [3.05, 3.63) is 11.1 Å². The van der Waals surface area contributed by atoms with E-state index in [-0.39, 0.29) is 24.5 Å². The number of carbonyl (C=O) groups is 1. The topological polar surface area (TPSA) is 87.0 Å². The van der Waals surface area contributed by atoms with Crippen LogP contribution in [0.25, 0.3) is 0 Å². The van der Waals surface area contributed by atoms with Crippen LogP contribution in [-0.4, -0.2) is 46.2 Å². The molecular formula is C15H22O5. The third-order valence-electron chi connectivity index (χ3n) is 5.60. The molecule has 1 heterocycles. The van der Waals surface area contributed by atoms with Gasteiger partial charge in [-0.1, -0.05) is 13.8 Å². The van der Waals surface area contributed by atoms with Crippen molar-refractivity contribution in [1.82, 2.24) is 0 Å². The van der Waals surface area contributed by atoms with E-state index in [1.165, 1.54) is 0 Å². The van der Waals surface area contributed by atoms with E-state index in [9.17, 15) is 20.1 Å². The van der Waals surface area contributed by atoms with Crippen molar-refractivity contribution in [2.75, 3.05) is 6.61 Å². The normalized spacial score (nSPS) is 47.9. The predicted octanol–water partition coefficient (Wildman–Crippen LogP) is 0.379. The van der Waals surface area contributed by atoms with Crippen LogP contribution in [0.1, 0.15) is 33.1 Å². The van der Waals surface area contributed by atoms with Crippen LogP contribution in [0.4, 0.5) is 0 Å². The molecule has 0 aromatic rings. The molecule has 0 saturated heterocycles. The molecule has 112 valence electrons. The van der Waals surface area contributed by atoms with Gasteiger partial charge in [0, 0.05) is 11.8 Å². The zero-order valence-electron chi connectivity index (χ0n) is 11.9. The number of carbonyl (C=O) groups excluding carboxylic acids is 1. The third kappa shape index (κ3) is 1.76. The highest BCUT2D eigenvalue weighted by molar-refractivity contribution is 5.92. The zero-order valence-corrected chi connectivity index (χ0v) is 11.9. The van der Waals surface area contributed by atoms with Gasteiger partial charge in [0.1, 0.15) is 6.10 Å². The second-order valence-electron chi connectivity index (χ2n) is 6.80. The first kappa shape index (κ1) is 14.0. The minimum Gasteiger partial charge on any atom is -0.454 e. The fourth-order valence-corrected chi connectivity index (χ4v) is 4.64. The fourth-order valence-electron chi connectivity index (χ4n) is 4.64. The van der Waals surface area contributed by atoms with Gasteiger partial charge < -0.3 is 20.1 Å². The van der Waals surface area contributed by atoms with Gasteiger partial charge in [-0.25, -0.2) is 4.79 Å². The number of aliphatic hydroxyl groups excluding tert-OH is 3. The van der Waals surface area contributed by atoms with Gasteiger partial charge in [-0.3, -0.25) is 0 Å². The second-order valence-corrected chi connectivity index (χ2v) is 6.80. The molecule has 6 atom stereocenters. The van der Waals surface area contributed by atoms with E-state index in [1.807, 2.05) is 13.8 Å². The Morgan fingerprint density at radius 2 is 2.05 bits per heavy atom. The molecule has 3 N–H and O–H groups in total. The number of rotatable bonds is 1. The van der Waals surface area contributed by atoms with Gasteiger partial charge in [0.25, 0.3) is 0 Å². The van der Waals surface area contributed by atoms with Crippen molar-refractivity contribution < 1.29 is 24.9 Å². The molecule has 0 aromatic carbocycles. The van der Waals surface area contributed by atoms with Crippen molar-refractivity contribution in [2.45, 2.75) is 51.4 Å². The number of ether oxygens (including phenoxy) is 1. The molecule has 5 nitrogen and oxygen atoms in total. The van der Waals surface area contributed by atoms with Crippen molar-refractivity contribution in [3.63, 3.8) is 0 Å². The molecule has 3 aliphatic rings. The van der Waals surface area contributed by atoms with Crippen LogP contribution in [0, 0.1) is 17.3 Å². The maximum absolute atomic E-state index is 11.8. The molecule has 0 aromatic heterocycles. The van der Waals surface area contributed by atoms with E-state index >= 15 is 0 Å². The number of esters is 1. The van der Waals surface area contributed by atoms with E-state index in [4.69, 9.17) is 4.74 Å². The van der Waals surface area contributed by atoms with Crippen molar-refractivity contribution in [1.29, 1.82) is 0 Å². The molecule has 0 spiro atoms. The summed E-state index contributed by atoms with van der Waals surface area (Å²) in [4.78, 5) is 11.8. The lowest BCUT2D eigenvalue weighted by molar-refractivity contribution is -0.140. The van der Waals surface area contributed by atoms with Crippen LogP contribution >= 0.6 is 0 Å². The summed E-state index contributed by atoms with van der Waals surface area (Å²) < 4.78 is 5.36. The summed E-state index contributed by atoms with van der Waals surface area (Å²) in [6.45, 7) is 3.69. The average Bonchev–Trinajstić information content (AvgIpc) is 2.70. The summed E-state index contributed by atoms with van der Waals surface area (Å²) in [5.41, 5.74) is 0.706. The molecule has 0 unspecified atom stereocenters.